The largest absolute Gasteiger partial charge is 1.00 e. The summed E-state index contributed by atoms with van der Waals surface area (Å²) in [6.07, 6.45) is 12.9. The maximum atomic E-state index is 6.67. The number of hydrogen-bond donors (Lipinski definition) is 0. The van der Waals surface area contributed by atoms with Crippen molar-refractivity contribution in [1.29, 1.82) is 0 Å². The van der Waals surface area contributed by atoms with Gasteiger partial charge in [-0.15, -0.1) is 12.3 Å². The van der Waals surface area contributed by atoms with Gasteiger partial charge in [-0.1, -0.05) is 40.4 Å². The topological polar surface area (TPSA) is 12.5 Å². The van der Waals surface area contributed by atoms with Crippen LogP contribution in [0.5, 0.6) is 0 Å². The monoisotopic (exact) mass is 272 g/mol. The van der Waals surface area contributed by atoms with E-state index in [1.165, 1.54) is 0 Å². The molecule has 0 unspecified atom stereocenters. The summed E-state index contributed by atoms with van der Waals surface area (Å²) in [6, 6.07) is 0. The molecule has 0 aromatic heterocycles. The zero-order valence-electron chi connectivity index (χ0n) is 14.3. The molecule has 0 spiro atoms. The molecule has 0 aliphatic carbocycles. The second-order valence-corrected chi connectivity index (χ2v) is 10.9. The van der Waals surface area contributed by atoms with Gasteiger partial charge in [0.15, 0.2) is 0 Å². The van der Waals surface area contributed by atoms with Gasteiger partial charge < -0.3 is 16.7 Å². The molecule has 19 heavy (non-hydrogen) atoms. The quantitative estimate of drug-likeness (QED) is 0.302. The summed E-state index contributed by atoms with van der Waals surface area (Å²) in [5.41, 5.74) is 2.49. The van der Waals surface area contributed by atoms with Gasteiger partial charge in [0.2, 0.25) is 0 Å². The minimum Gasteiger partial charge on any atom is -0.701 e. The molecule has 0 bridgehead atoms. The Morgan fingerprint density at radius 3 is 1.37 bits per heavy atom. The molecule has 0 radical (unpaired) electrons. The average Bonchev–Trinajstić information content (AvgIpc) is 2.91. The molecule has 3 heteroatoms. The Kier molecular flexibility index (Phi) is 14.7. The van der Waals surface area contributed by atoms with Gasteiger partial charge in [0.25, 0.3) is 0 Å². The van der Waals surface area contributed by atoms with Crippen LogP contribution in [0.25, 0.3) is 0 Å². The van der Waals surface area contributed by atoms with E-state index in [9.17, 15) is 0 Å². The van der Waals surface area contributed by atoms with Crippen molar-refractivity contribution in [2.24, 2.45) is 11.8 Å². The van der Waals surface area contributed by atoms with E-state index in [2.05, 4.69) is 65.7 Å². The standard InChI is InChI=1S/C7H12.C5H9Si.C4H8O.Li/c1-5-7(4)6(2)3;1-5-6(2,3)4;1-3-4(2)5-3;/h1,6-7H,2-4H3;2-4H3;3-4H,1-2H3;/q;-1;;+1/t7-;;3-,4+;/m1.../s1. The number of rotatable bonds is 1. The summed E-state index contributed by atoms with van der Waals surface area (Å²) in [5.74, 6) is 3.72. The van der Waals surface area contributed by atoms with E-state index in [0.717, 1.165) is 0 Å². The SMILES string of the molecule is C#C[C@@H](C)C(C)C.C[C@@H]1O[C@@H]1C.[C-]#C[Si](C)(C)C.[Li+]. The Labute approximate surface area is 134 Å². The van der Waals surface area contributed by atoms with E-state index >= 15 is 0 Å². The molecule has 1 aliphatic heterocycles. The van der Waals surface area contributed by atoms with Crippen LogP contribution in [0, 0.1) is 36.1 Å². The fourth-order valence-corrected chi connectivity index (χ4v) is 0.486. The Morgan fingerprint density at radius 1 is 1.11 bits per heavy atom. The fourth-order valence-electron chi connectivity index (χ4n) is 0.486. The van der Waals surface area contributed by atoms with E-state index in [4.69, 9.17) is 17.6 Å². The van der Waals surface area contributed by atoms with Crippen molar-refractivity contribution in [3.8, 4) is 17.9 Å². The molecular formula is C16H29LiOSi. The minimum absolute atomic E-state index is 0. The van der Waals surface area contributed by atoms with Gasteiger partial charge in [-0.25, -0.2) is 0 Å². The first-order valence-electron chi connectivity index (χ1n) is 6.60. The summed E-state index contributed by atoms with van der Waals surface area (Å²) in [5, 5.41) is 0. The molecule has 0 amide bonds. The minimum atomic E-state index is -1.21. The summed E-state index contributed by atoms with van der Waals surface area (Å²) < 4.78 is 4.92. The summed E-state index contributed by atoms with van der Waals surface area (Å²) in [7, 11) is -1.21. The molecule has 1 nitrogen and oxygen atoms in total. The first-order valence-corrected chi connectivity index (χ1v) is 10.1. The zero-order valence-corrected chi connectivity index (χ0v) is 15.3. The summed E-state index contributed by atoms with van der Waals surface area (Å²) in [6.45, 7) is 16.7. The number of epoxide rings is 1. The first kappa shape index (κ1) is 23.9. The van der Waals surface area contributed by atoms with Crippen LogP contribution in [0.4, 0.5) is 0 Å². The van der Waals surface area contributed by atoms with Crippen molar-refractivity contribution in [3.63, 3.8) is 0 Å². The predicted molar refractivity (Wildman–Crippen MR) is 83.3 cm³/mol. The molecule has 1 aliphatic rings. The number of ether oxygens (including phenoxy) is 1. The maximum Gasteiger partial charge on any atom is 1.00 e. The molecule has 0 N–H and O–H groups in total. The molecule has 1 saturated heterocycles. The van der Waals surface area contributed by atoms with E-state index in [-0.39, 0.29) is 18.9 Å². The van der Waals surface area contributed by atoms with E-state index in [0.29, 0.717) is 24.0 Å². The van der Waals surface area contributed by atoms with E-state index < -0.39 is 8.07 Å². The van der Waals surface area contributed by atoms with Crippen LogP contribution in [-0.4, -0.2) is 20.3 Å². The molecular weight excluding hydrogens is 243 g/mol. The van der Waals surface area contributed by atoms with Crippen molar-refractivity contribution < 1.29 is 23.6 Å². The Balaban J connectivity index is -0.000000199. The van der Waals surface area contributed by atoms with Gasteiger partial charge in [-0.2, -0.15) is 0 Å². The van der Waals surface area contributed by atoms with E-state index in [1.54, 1.807) is 0 Å². The van der Waals surface area contributed by atoms with Gasteiger partial charge >= 0.3 is 18.9 Å². The molecule has 104 valence electrons. The Morgan fingerprint density at radius 2 is 1.37 bits per heavy atom. The third kappa shape index (κ3) is 20.4. The second-order valence-electron chi connectivity index (χ2n) is 6.12. The Bertz CT molecular complexity index is 287. The third-order valence-electron chi connectivity index (χ3n) is 2.65. The maximum absolute atomic E-state index is 6.67. The average molecular weight is 272 g/mol. The van der Waals surface area contributed by atoms with Crippen LogP contribution in [0.3, 0.4) is 0 Å². The van der Waals surface area contributed by atoms with E-state index in [1.807, 2.05) is 0 Å². The van der Waals surface area contributed by atoms with Crippen molar-refractivity contribution in [2.75, 3.05) is 0 Å². The fraction of sp³-hybridized carbons (Fsp3) is 0.750. The van der Waals surface area contributed by atoms with Crippen LogP contribution in [-0.2, 0) is 4.74 Å². The molecule has 1 fully saturated rings. The van der Waals surface area contributed by atoms with Crippen molar-refractivity contribution in [1.82, 2.24) is 0 Å². The van der Waals surface area contributed by atoms with Crippen LogP contribution < -0.4 is 18.9 Å². The first-order chi connectivity index (χ1) is 8.05. The normalized spacial score (nSPS) is 21.2. The molecule has 3 atom stereocenters. The predicted octanol–water partition coefficient (Wildman–Crippen LogP) is 1.16. The number of hydrogen-bond acceptors (Lipinski definition) is 1. The second kappa shape index (κ2) is 11.7. The van der Waals surface area contributed by atoms with Crippen LogP contribution >= 0.6 is 0 Å². The Hall–Kier alpha value is -0.106. The van der Waals surface area contributed by atoms with Gasteiger partial charge in [0.1, 0.15) is 0 Å². The molecule has 1 rings (SSSR count). The van der Waals surface area contributed by atoms with Crippen LogP contribution in [0.1, 0.15) is 34.6 Å². The van der Waals surface area contributed by atoms with Gasteiger partial charge in [0.05, 0.1) is 20.3 Å². The smallest absolute Gasteiger partial charge is 0.701 e. The van der Waals surface area contributed by atoms with Gasteiger partial charge in [-0.05, 0) is 19.8 Å². The van der Waals surface area contributed by atoms with Gasteiger partial charge in [0, 0.05) is 5.92 Å². The summed E-state index contributed by atoms with van der Waals surface area (Å²) >= 11 is 0. The number of terminal acetylenes is 1. The van der Waals surface area contributed by atoms with Gasteiger partial charge in [-0.3, -0.25) is 0 Å². The zero-order chi connectivity index (χ0) is 14.9. The van der Waals surface area contributed by atoms with Crippen molar-refractivity contribution in [3.05, 3.63) is 6.42 Å². The van der Waals surface area contributed by atoms with Crippen LogP contribution in [0.2, 0.25) is 19.6 Å². The van der Waals surface area contributed by atoms with Crippen LogP contribution in [0.15, 0.2) is 0 Å². The summed E-state index contributed by atoms with van der Waals surface area (Å²) in [4.78, 5) is 0. The van der Waals surface area contributed by atoms with Crippen molar-refractivity contribution >= 4 is 8.07 Å². The molecule has 0 aromatic rings. The molecule has 0 saturated carbocycles. The molecule has 0 aromatic carbocycles. The van der Waals surface area contributed by atoms with Crippen molar-refractivity contribution in [2.45, 2.75) is 66.5 Å². The third-order valence-corrected chi connectivity index (χ3v) is 3.40. The molecule has 1 heterocycles.